The fraction of sp³-hybridized carbons (Fsp3) is 0.600. The lowest BCUT2D eigenvalue weighted by Gasteiger charge is -2.38. The van der Waals surface area contributed by atoms with Gasteiger partial charge in [-0.05, 0) is 182 Å². The summed E-state index contributed by atoms with van der Waals surface area (Å²) in [6, 6.07) is 18.0. The number of benzene rings is 2. The minimum Gasteiger partial charge on any atom is -0.398 e. The Morgan fingerprint density at radius 3 is 1.17 bits per heavy atom. The van der Waals surface area contributed by atoms with Crippen molar-refractivity contribution in [2.75, 3.05) is 0 Å². The van der Waals surface area contributed by atoms with Gasteiger partial charge in [-0.15, -0.1) is 0 Å². The molecule has 0 radical (unpaired) electrons. The number of unbranched alkanes of at least 4 members (excludes halogenated alkanes) is 4. The molecule has 64 heavy (non-hydrogen) atoms. The quantitative estimate of drug-likeness (QED) is 0.142. The highest BCUT2D eigenvalue weighted by molar-refractivity contribution is 5.64. The van der Waals surface area contributed by atoms with Gasteiger partial charge in [0.25, 0.3) is 0 Å². The lowest BCUT2D eigenvalue weighted by Crippen LogP contribution is -2.25. The molecule has 8 rings (SSSR count). The number of rotatable bonds is 14. The standard InChI is InChI=1S/2C30H44N2/c2*1-2-3-4-7-22-12-14-24(15-13-22)25-16-18-26(19-17-25)27-9-5-8-23(20-27)21-28-29(31)10-6-11-30(28)32/h2*5-6,8-11,20-22,24-26,29H,2-4,7,12-19,31-32H2,1H3. The van der Waals surface area contributed by atoms with Crippen LogP contribution in [0.15, 0.2) is 108 Å². The van der Waals surface area contributed by atoms with E-state index in [2.05, 4.69) is 74.5 Å². The van der Waals surface area contributed by atoms with Crippen LogP contribution in [0.1, 0.15) is 202 Å². The van der Waals surface area contributed by atoms with Crippen molar-refractivity contribution in [3.05, 3.63) is 130 Å². The number of hydrogen-bond acceptors (Lipinski definition) is 4. The van der Waals surface area contributed by atoms with Gasteiger partial charge in [0.15, 0.2) is 0 Å². The lowest BCUT2D eigenvalue weighted by molar-refractivity contribution is 0.155. The van der Waals surface area contributed by atoms with Crippen LogP contribution in [0.2, 0.25) is 0 Å². The summed E-state index contributed by atoms with van der Waals surface area (Å²) in [4.78, 5) is 0. The molecule has 6 aliphatic carbocycles. The van der Waals surface area contributed by atoms with E-state index in [4.69, 9.17) is 22.9 Å². The maximum Gasteiger partial charge on any atom is 0.0504 e. The number of nitrogens with two attached hydrogens (primary N) is 4. The molecular formula is C60H88N4. The summed E-state index contributed by atoms with van der Waals surface area (Å²) in [5, 5.41) is 0. The molecule has 2 aromatic rings. The first kappa shape index (κ1) is 48.3. The Labute approximate surface area is 390 Å². The molecule has 2 aromatic carbocycles. The van der Waals surface area contributed by atoms with Crippen LogP contribution in [0.3, 0.4) is 0 Å². The SMILES string of the molecule is CCCCCC1CCC(C2CCC(c3cccc(C=C4C(N)=CC=CC4N)c3)CC2)CC1.CCCCCC1CCC(C2CCC(c3cccc(C=C4C(N)=CC=CC4N)c3)CC2)CC1. The Bertz CT molecular complexity index is 1770. The Kier molecular flexibility index (Phi) is 18.7. The fourth-order valence-electron chi connectivity index (χ4n) is 13.0. The summed E-state index contributed by atoms with van der Waals surface area (Å²) in [5.41, 5.74) is 33.9. The second kappa shape index (κ2) is 24.8. The molecule has 0 aliphatic heterocycles. The molecule has 4 heteroatoms. The van der Waals surface area contributed by atoms with Crippen molar-refractivity contribution in [2.24, 2.45) is 58.4 Å². The molecule has 348 valence electrons. The Morgan fingerprint density at radius 1 is 0.469 bits per heavy atom. The van der Waals surface area contributed by atoms with Gasteiger partial charge < -0.3 is 22.9 Å². The van der Waals surface area contributed by atoms with Crippen molar-refractivity contribution in [3.63, 3.8) is 0 Å². The van der Waals surface area contributed by atoms with E-state index in [1.807, 2.05) is 36.5 Å². The van der Waals surface area contributed by atoms with Gasteiger partial charge in [-0.2, -0.15) is 0 Å². The third-order valence-corrected chi connectivity index (χ3v) is 17.1. The van der Waals surface area contributed by atoms with E-state index >= 15 is 0 Å². The van der Waals surface area contributed by atoms with Crippen molar-refractivity contribution in [2.45, 2.75) is 192 Å². The van der Waals surface area contributed by atoms with Crippen LogP contribution in [-0.2, 0) is 0 Å². The molecule has 0 aromatic heterocycles. The van der Waals surface area contributed by atoms with Crippen molar-refractivity contribution in [1.82, 2.24) is 0 Å². The minimum atomic E-state index is -0.110. The number of hydrogen-bond donors (Lipinski definition) is 4. The second-order valence-electron chi connectivity index (χ2n) is 21.4. The normalized spacial score (nSPS) is 32.1. The van der Waals surface area contributed by atoms with Gasteiger partial charge in [-0.1, -0.05) is 164 Å². The average molecular weight is 865 g/mol. The summed E-state index contributed by atoms with van der Waals surface area (Å²) < 4.78 is 0. The molecular weight excluding hydrogens is 777 g/mol. The molecule has 2 atom stereocenters. The zero-order valence-corrected chi connectivity index (χ0v) is 40.3. The first-order chi connectivity index (χ1) is 31.3. The summed E-state index contributed by atoms with van der Waals surface area (Å²) >= 11 is 0. The van der Waals surface area contributed by atoms with Crippen LogP contribution >= 0.6 is 0 Å². The van der Waals surface area contributed by atoms with E-state index in [-0.39, 0.29) is 12.1 Å². The first-order valence-electron chi connectivity index (χ1n) is 26.7. The van der Waals surface area contributed by atoms with Gasteiger partial charge in [0.05, 0.1) is 12.1 Å². The maximum absolute atomic E-state index is 6.25. The first-order valence-corrected chi connectivity index (χ1v) is 26.7. The maximum atomic E-state index is 6.25. The van der Waals surface area contributed by atoms with E-state index in [0.717, 1.165) is 58.0 Å². The molecule has 8 N–H and O–H groups in total. The molecule has 0 bridgehead atoms. The van der Waals surface area contributed by atoms with Crippen LogP contribution in [0.25, 0.3) is 12.2 Å². The smallest absolute Gasteiger partial charge is 0.0504 e. The van der Waals surface area contributed by atoms with Gasteiger partial charge >= 0.3 is 0 Å². The van der Waals surface area contributed by atoms with E-state index in [1.165, 1.54) is 176 Å². The summed E-state index contributed by atoms with van der Waals surface area (Å²) in [6.45, 7) is 4.63. The number of allylic oxidation sites excluding steroid dienone is 4. The molecule has 4 fully saturated rings. The molecule has 4 saturated carbocycles. The molecule has 0 heterocycles. The van der Waals surface area contributed by atoms with E-state index in [1.54, 1.807) is 0 Å². The second-order valence-corrected chi connectivity index (χ2v) is 21.4. The van der Waals surface area contributed by atoms with Crippen molar-refractivity contribution < 1.29 is 0 Å². The van der Waals surface area contributed by atoms with Crippen LogP contribution in [0, 0.1) is 35.5 Å². The largest absolute Gasteiger partial charge is 0.398 e. The minimum absolute atomic E-state index is 0.110. The zero-order chi connectivity index (χ0) is 44.7. The van der Waals surface area contributed by atoms with Crippen LogP contribution in [0.4, 0.5) is 0 Å². The fourth-order valence-corrected chi connectivity index (χ4v) is 13.0. The van der Waals surface area contributed by atoms with Crippen LogP contribution < -0.4 is 22.9 Å². The van der Waals surface area contributed by atoms with Crippen molar-refractivity contribution >= 4 is 12.2 Å². The summed E-state index contributed by atoms with van der Waals surface area (Å²) in [7, 11) is 0. The third kappa shape index (κ3) is 13.7. The van der Waals surface area contributed by atoms with Crippen LogP contribution in [-0.4, -0.2) is 12.1 Å². The zero-order valence-electron chi connectivity index (χ0n) is 40.3. The highest BCUT2D eigenvalue weighted by Crippen LogP contribution is 2.46. The Hall–Kier alpha value is -3.60. The molecule has 0 spiro atoms. The predicted octanol–water partition coefficient (Wildman–Crippen LogP) is 14.9. The highest BCUT2D eigenvalue weighted by atomic mass is 14.7. The molecule has 0 saturated heterocycles. The monoisotopic (exact) mass is 865 g/mol. The van der Waals surface area contributed by atoms with Crippen LogP contribution in [0.5, 0.6) is 0 Å². The average Bonchev–Trinajstić information content (AvgIpc) is 3.33. The lowest BCUT2D eigenvalue weighted by atomic mass is 9.68. The van der Waals surface area contributed by atoms with Gasteiger partial charge in [-0.3, -0.25) is 0 Å². The Morgan fingerprint density at radius 2 is 0.828 bits per heavy atom. The van der Waals surface area contributed by atoms with E-state index in [9.17, 15) is 0 Å². The molecule has 6 aliphatic rings. The highest BCUT2D eigenvalue weighted by Gasteiger charge is 2.33. The third-order valence-electron chi connectivity index (χ3n) is 17.1. The molecule has 2 unspecified atom stereocenters. The summed E-state index contributed by atoms with van der Waals surface area (Å²) in [5.74, 6) is 7.45. The molecule has 0 amide bonds. The summed E-state index contributed by atoms with van der Waals surface area (Å²) in [6.07, 6.45) is 50.7. The van der Waals surface area contributed by atoms with Gasteiger partial charge in [-0.25, -0.2) is 0 Å². The van der Waals surface area contributed by atoms with Gasteiger partial charge in [0.1, 0.15) is 0 Å². The van der Waals surface area contributed by atoms with Crippen molar-refractivity contribution in [3.8, 4) is 0 Å². The Balaban J connectivity index is 0.000000191. The van der Waals surface area contributed by atoms with E-state index in [0.29, 0.717) is 11.8 Å². The van der Waals surface area contributed by atoms with Crippen molar-refractivity contribution in [1.29, 1.82) is 0 Å². The molecule has 4 nitrogen and oxygen atoms in total. The van der Waals surface area contributed by atoms with E-state index < -0.39 is 0 Å². The van der Waals surface area contributed by atoms with Gasteiger partial charge in [0.2, 0.25) is 0 Å². The topological polar surface area (TPSA) is 104 Å². The van der Waals surface area contributed by atoms with Gasteiger partial charge in [0, 0.05) is 11.4 Å². The predicted molar refractivity (Wildman–Crippen MR) is 276 cm³/mol.